The lowest BCUT2D eigenvalue weighted by Crippen LogP contribution is -1.87. The summed E-state index contributed by atoms with van der Waals surface area (Å²) in [5, 5.41) is 1.04. The highest BCUT2D eigenvalue weighted by molar-refractivity contribution is 6.43. The Balaban J connectivity index is 1.88. The van der Waals surface area contributed by atoms with E-state index < -0.39 is 0 Å². The van der Waals surface area contributed by atoms with Crippen LogP contribution in [-0.4, -0.2) is 9.97 Å². The third kappa shape index (κ3) is 3.58. The number of rotatable bonds is 4. The molecule has 2 nitrogen and oxygen atoms in total. The first-order valence-corrected chi connectivity index (χ1v) is 10.0. The van der Waals surface area contributed by atoms with Crippen LogP contribution in [0, 0.1) is 0 Å². The monoisotopic (exact) mass is 406 g/mol. The van der Waals surface area contributed by atoms with Crippen LogP contribution in [0.5, 0.6) is 0 Å². The molecule has 0 bridgehead atoms. The van der Waals surface area contributed by atoms with E-state index in [4.69, 9.17) is 28.2 Å². The van der Waals surface area contributed by atoms with Gasteiger partial charge in [-0.3, -0.25) is 0 Å². The molecular weight excluding hydrogens is 387 g/mol. The second-order valence-electron chi connectivity index (χ2n) is 7.05. The Morgan fingerprint density at radius 2 is 1.50 bits per heavy atom. The molecule has 4 aromatic rings. The molecule has 0 aliphatic carbocycles. The van der Waals surface area contributed by atoms with Crippen LogP contribution in [0.4, 0.5) is 0 Å². The van der Waals surface area contributed by atoms with Crippen molar-refractivity contribution < 1.29 is 0 Å². The first-order valence-electron chi connectivity index (χ1n) is 9.24. The topological polar surface area (TPSA) is 28.7 Å². The number of nitrogens with one attached hydrogen (secondary N) is 1. The molecule has 1 heterocycles. The van der Waals surface area contributed by atoms with Gasteiger partial charge in [-0.25, -0.2) is 4.98 Å². The normalized spacial score (nSPS) is 11.2. The van der Waals surface area contributed by atoms with Crippen molar-refractivity contribution in [2.24, 2.45) is 0 Å². The Morgan fingerprint density at radius 3 is 2.18 bits per heavy atom. The van der Waals surface area contributed by atoms with E-state index in [2.05, 4.69) is 43.1 Å². The molecule has 0 fully saturated rings. The van der Waals surface area contributed by atoms with Crippen molar-refractivity contribution in [1.82, 2.24) is 9.97 Å². The van der Waals surface area contributed by atoms with Crippen molar-refractivity contribution in [1.29, 1.82) is 0 Å². The zero-order chi connectivity index (χ0) is 19.7. The van der Waals surface area contributed by atoms with Gasteiger partial charge in [0.05, 0.1) is 21.4 Å². The summed E-state index contributed by atoms with van der Waals surface area (Å²) in [7, 11) is 0. The van der Waals surface area contributed by atoms with Crippen molar-refractivity contribution in [2.45, 2.75) is 19.8 Å². The molecule has 4 heteroatoms. The summed E-state index contributed by atoms with van der Waals surface area (Å²) in [6.07, 6.45) is 0. The van der Waals surface area contributed by atoms with Gasteiger partial charge in [-0.15, -0.1) is 0 Å². The predicted molar refractivity (Wildman–Crippen MR) is 119 cm³/mol. The van der Waals surface area contributed by atoms with Gasteiger partial charge >= 0.3 is 0 Å². The van der Waals surface area contributed by atoms with Crippen molar-refractivity contribution >= 4 is 23.2 Å². The summed E-state index contributed by atoms with van der Waals surface area (Å²) in [6.45, 7) is 4.38. The maximum absolute atomic E-state index is 6.52. The highest BCUT2D eigenvalue weighted by Crippen LogP contribution is 2.39. The Bertz CT molecular complexity index is 1100. The lowest BCUT2D eigenvalue weighted by atomic mass is 10.0. The summed E-state index contributed by atoms with van der Waals surface area (Å²) < 4.78 is 0. The molecule has 0 saturated heterocycles. The van der Waals surface area contributed by atoms with Crippen LogP contribution < -0.4 is 0 Å². The fraction of sp³-hybridized carbons (Fsp3) is 0.125. The Hall–Kier alpha value is -2.55. The summed E-state index contributed by atoms with van der Waals surface area (Å²) >= 11 is 12.8. The van der Waals surface area contributed by atoms with Crippen molar-refractivity contribution in [3.8, 4) is 33.9 Å². The third-order valence-electron chi connectivity index (χ3n) is 4.82. The first kappa shape index (κ1) is 18.8. The van der Waals surface area contributed by atoms with Crippen molar-refractivity contribution in [3.63, 3.8) is 0 Å². The molecule has 0 spiro atoms. The van der Waals surface area contributed by atoms with Crippen LogP contribution in [-0.2, 0) is 0 Å². The average molecular weight is 407 g/mol. The second-order valence-corrected chi connectivity index (χ2v) is 7.84. The summed E-state index contributed by atoms with van der Waals surface area (Å²) in [4.78, 5) is 8.39. The molecule has 4 rings (SSSR count). The van der Waals surface area contributed by atoms with Gasteiger partial charge in [-0.1, -0.05) is 104 Å². The summed E-state index contributed by atoms with van der Waals surface area (Å²) in [5.74, 6) is 1.30. The number of aromatic nitrogens is 2. The van der Waals surface area contributed by atoms with Gasteiger partial charge in [0, 0.05) is 16.7 Å². The van der Waals surface area contributed by atoms with Gasteiger partial charge in [0.25, 0.3) is 0 Å². The molecule has 0 aliphatic heterocycles. The van der Waals surface area contributed by atoms with Gasteiger partial charge < -0.3 is 4.98 Å². The van der Waals surface area contributed by atoms with Gasteiger partial charge in [0.1, 0.15) is 5.82 Å². The van der Waals surface area contributed by atoms with Gasteiger partial charge in [0.15, 0.2) is 0 Å². The molecule has 0 saturated carbocycles. The third-order valence-corrected chi connectivity index (χ3v) is 5.64. The molecule has 28 heavy (non-hydrogen) atoms. The fourth-order valence-corrected chi connectivity index (χ4v) is 3.63. The standard InChI is InChI=1S/C24H20Cl2N2/c1-15(2)16-11-13-18(14-12-16)24-27-22(17-7-4-3-5-8-17)23(28-24)19-9-6-10-20(25)21(19)26/h3-15H,1-2H3,(H,27,28). The molecule has 0 atom stereocenters. The fourth-order valence-electron chi connectivity index (χ4n) is 3.23. The van der Waals surface area contributed by atoms with Crippen molar-refractivity contribution in [2.75, 3.05) is 0 Å². The second kappa shape index (κ2) is 7.83. The smallest absolute Gasteiger partial charge is 0.138 e. The molecule has 0 radical (unpaired) electrons. The van der Waals surface area contributed by atoms with Crippen LogP contribution in [0.3, 0.4) is 0 Å². The molecule has 1 N–H and O–H groups in total. The number of benzene rings is 3. The van der Waals surface area contributed by atoms with Gasteiger partial charge in [-0.05, 0) is 17.5 Å². The molecule has 3 aromatic carbocycles. The van der Waals surface area contributed by atoms with Crippen LogP contribution >= 0.6 is 23.2 Å². The highest BCUT2D eigenvalue weighted by atomic mass is 35.5. The lowest BCUT2D eigenvalue weighted by molar-refractivity contribution is 0.867. The Kier molecular flexibility index (Phi) is 5.25. The van der Waals surface area contributed by atoms with E-state index in [1.165, 1.54) is 5.56 Å². The van der Waals surface area contributed by atoms with Crippen molar-refractivity contribution in [3.05, 3.63) is 88.4 Å². The van der Waals surface area contributed by atoms with Crippen LogP contribution in [0.2, 0.25) is 10.0 Å². The number of hydrogen-bond donors (Lipinski definition) is 1. The summed E-state index contributed by atoms with van der Waals surface area (Å²) in [5.41, 5.74) is 5.91. The van der Waals surface area contributed by atoms with E-state index in [0.717, 1.165) is 33.9 Å². The Labute approximate surface area is 175 Å². The van der Waals surface area contributed by atoms with Crippen LogP contribution in [0.1, 0.15) is 25.3 Å². The molecule has 140 valence electrons. The quantitative estimate of drug-likeness (QED) is 0.367. The number of hydrogen-bond acceptors (Lipinski definition) is 1. The Morgan fingerprint density at radius 1 is 0.786 bits per heavy atom. The van der Waals surface area contributed by atoms with Crippen LogP contribution in [0.25, 0.3) is 33.9 Å². The molecule has 1 aromatic heterocycles. The number of nitrogens with zero attached hydrogens (tertiary/aromatic N) is 1. The zero-order valence-electron chi connectivity index (χ0n) is 15.7. The minimum Gasteiger partial charge on any atom is -0.337 e. The number of imidazole rings is 1. The van der Waals surface area contributed by atoms with E-state index >= 15 is 0 Å². The number of aromatic amines is 1. The highest BCUT2D eigenvalue weighted by Gasteiger charge is 2.18. The SMILES string of the molecule is CC(C)c1ccc(-c2nc(-c3ccccc3)c(-c3cccc(Cl)c3Cl)[nH]2)cc1. The van der Waals surface area contributed by atoms with E-state index in [0.29, 0.717) is 16.0 Å². The summed E-state index contributed by atoms with van der Waals surface area (Å²) in [6, 6.07) is 24.2. The van der Waals surface area contributed by atoms with Crippen LogP contribution in [0.15, 0.2) is 72.8 Å². The predicted octanol–water partition coefficient (Wildman–Crippen LogP) is 7.84. The largest absolute Gasteiger partial charge is 0.337 e. The van der Waals surface area contributed by atoms with E-state index in [1.807, 2.05) is 42.5 Å². The maximum atomic E-state index is 6.52. The average Bonchev–Trinajstić information content (AvgIpc) is 3.16. The molecule has 0 aliphatic rings. The minimum atomic E-state index is 0.492. The molecule has 0 unspecified atom stereocenters. The number of halogens is 2. The number of H-pyrrole nitrogens is 1. The van der Waals surface area contributed by atoms with Gasteiger partial charge in [0.2, 0.25) is 0 Å². The molecule has 0 amide bonds. The van der Waals surface area contributed by atoms with E-state index in [1.54, 1.807) is 6.07 Å². The van der Waals surface area contributed by atoms with E-state index in [9.17, 15) is 0 Å². The minimum absolute atomic E-state index is 0.492. The maximum Gasteiger partial charge on any atom is 0.138 e. The van der Waals surface area contributed by atoms with E-state index in [-0.39, 0.29) is 0 Å². The lowest BCUT2D eigenvalue weighted by Gasteiger charge is -2.06. The first-order chi connectivity index (χ1) is 13.5. The zero-order valence-corrected chi connectivity index (χ0v) is 17.2. The molecular formula is C24H20Cl2N2. The van der Waals surface area contributed by atoms with Gasteiger partial charge in [-0.2, -0.15) is 0 Å².